The summed E-state index contributed by atoms with van der Waals surface area (Å²) >= 11 is 0. The molecule has 23 heavy (non-hydrogen) atoms. The topological polar surface area (TPSA) is 98.3 Å². The molecule has 6 nitrogen and oxygen atoms in total. The minimum atomic E-state index is -4.72. The summed E-state index contributed by atoms with van der Waals surface area (Å²) in [5, 5.41) is 13.5. The van der Waals surface area contributed by atoms with Crippen LogP contribution < -0.4 is 11.1 Å². The predicted octanol–water partition coefficient (Wildman–Crippen LogP) is 2.86. The zero-order valence-corrected chi connectivity index (χ0v) is 12.5. The average Bonchev–Trinajstić information content (AvgIpc) is 2.49. The summed E-state index contributed by atoms with van der Waals surface area (Å²) in [7, 11) is 0. The van der Waals surface area contributed by atoms with Crippen LogP contribution in [-0.2, 0) is 6.18 Å². The van der Waals surface area contributed by atoms with Crippen LogP contribution in [0.3, 0.4) is 0 Å². The van der Waals surface area contributed by atoms with E-state index in [-0.39, 0.29) is 12.6 Å². The summed E-state index contributed by atoms with van der Waals surface area (Å²) in [6.07, 6.45) is -2.45. The van der Waals surface area contributed by atoms with E-state index < -0.39 is 33.8 Å². The third kappa shape index (κ3) is 5.20. The van der Waals surface area contributed by atoms with Gasteiger partial charge >= 0.3 is 6.18 Å². The molecule has 1 aromatic carbocycles. The maximum atomic E-state index is 12.6. The van der Waals surface area contributed by atoms with Crippen LogP contribution in [0.5, 0.6) is 0 Å². The third-order valence-electron chi connectivity index (χ3n) is 3.29. The molecule has 3 N–H and O–H groups in total. The molecule has 0 fully saturated rings. The number of rotatable bonds is 7. The Morgan fingerprint density at radius 3 is 2.57 bits per heavy atom. The van der Waals surface area contributed by atoms with E-state index in [4.69, 9.17) is 5.73 Å². The molecule has 0 saturated carbocycles. The van der Waals surface area contributed by atoms with Crippen LogP contribution in [0.4, 0.5) is 18.9 Å². The highest BCUT2D eigenvalue weighted by Crippen LogP contribution is 2.33. The summed E-state index contributed by atoms with van der Waals surface area (Å²) in [6.45, 7) is 2.09. The Kier molecular flexibility index (Phi) is 6.49. The fraction of sp³-hybridized carbons (Fsp3) is 0.500. The van der Waals surface area contributed by atoms with Gasteiger partial charge < -0.3 is 11.1 Å². The van der Waals surface area contributed by atoms with Gasteiger partial charge in [-0.2, -0.15) is 13.2 Å². The van der Waals surface area contributed by atoms with Gasteiger partial charge in [0.05, 0.1) is 10.5 Å². The standard InChI is InChI=1S/C14H18F3N3O3/c1-2-3-4-10(8-18)19-13(21)11-6-5-9(14(15,16)17)7-12(11)20(22)23/h5-7,10H,2-4,8,18H2,1H3,(H,19,21). The van der Waals surface area contributed by atoms with Crippen LogP contribution in [0.15, 0.2) is 18.2 Å². The summed E-state index contributed by atoms with van der Waals surface area (Å²) in [6, 6.07) is 1.43. The summed E-state index contributed by atoms with van der Waals surface area (Å²) in [4.78, 5) is 22.1. The van der Waals surface area contributed by atoms with Gasteiger partial charge in [-0.3, -0.25) is 14.9 Å². The van der Waals surface area contributed by atoms with Crippen LogP contribution in [0, 0.1) is 10.1 Å². The van der Waals surface area contributed by atoms with Gasteiger partial charge in [-0.05, 0) is 18.6 Å². The molecular formula is C14H18F3N3O3. The van der Waals surface area contributed by atoms with Gasteiger partial charge in [-0.15, -0.1) is 0 Å². The SMILES string of the molecule is CCCCC(CN)NC(=O)c1ccc(C(F)(F)F)cc1[N+](=O)[O-]. The molecule has 128 valence electrons. The maximum Gasteiger partial charge on any atom is 0.416 e. The minimum absolute atomic E-state index is 0.139. The second-order valence-corrected chi connectivity index (χ2v) is 5.04. The molecule has 1 amide bonds. The average molecular weight is 333 g/mol. The lowest BCUT2D eigenvalue weighted by Gasteiger charge is -2.16. The minimum Gasteiger partial charge on any atom is -0.348 e. The highest BCUT2D eigenvalue weighted by atomic mass is 19.4. The molecule has 0 aromatic heterocycles. The number of carbonyl (C=O) groups excluding carboxylic acids is 1. The molecule has 0 spiro atoms. The molecule has 1 atom stereocenters. The predicted molar refractivity (Wildman–Crippen MR) is 77.9 cm³/mol. The van der Waals surface area contributed by atoms with Crippen molar-refractivity contribution in [2.45, 2.75) is 38.4 Å². The van der Waals surface area contributed by atoms with E-state index in [0.717, 1.165) is 18.9 Å². The van der Waals surface area contributed by atoms with E-state index in [9.17, 15) is 28.1 Å². The van der Waals surface area contributed by atoms with Crippen molar-refractivity contribution in [3.63, 3.8) is 0 Å². The number of nitro groups is 1. The molecule has 0 aliphatic heterocycles. The van der Waals surface area contributed by atoms with Gasteiger partial charge in [0.15, 0.2) is 0 Å². The number of benzene rings is 1. The number of hydrogen-bond acceptors (Lipinski definition) is 4. The van der Waals surface area contributed by atoms with Crippen molar-refractivity contribution in [2.75, 3.05) is 6.54 Å². The van der Waals surface area contributed by atoms with Gasteiger partial charge in [-0.25, -0.2) is 0 Å². The van der Waals surface area contributed by atoms with Crippen molar-refractivity contribution in [1.82, 2.24) is 5.32 Å². The number of nitrogens with one attached hydrogen (secondary N) is 1. The molecular weight excluding hydrogens is 315 g/mol. The molecule has 0 heterocycles. The first-order chi connectivity index (χ1) is 10.7. The molecule has 0 aliphatic carbocycles. The quantitative estimate of drug-likeness (QED) is 0.592. The Labute approximate surface area is 131 Å². The van der Waals surface area contributed by atoms with E-state index in [0.29, 0.717) is 18.6 Å². The zero-order chi connectivity index (χ0) is 17.6. The number of unbranched alkanes of at least 4 members (excludes halogenated alkanes) is 1. The van der Waals surface area contributed by atoms with Crippen molar-refractivity contribution in [3.05, 3.63) is 39.4 Å². The van der Waals surface area contributed by atoms with Crippen LogP contribution >= 0.6 is 0 Å². The Morgan fingerprint density at radius 1 is 1.43 bits per heavy atom. The van der Waals surface area contributed by atoms with Gasteiger partial charge in [0.1, 0.15) is 5.56 Å². The van der Waals surface area contributed by atoms with Crippen LogP contribution in [0.2, 0.25) is 0 Å². The van der Waals surface area contributed by atoms with Gasteiger partial charge in [0.25, 0.3) is 11.6 Å². The maximum absolute atomic E-state index is 12.6. The Balaban J connectivity index is 3.06. The summed E-state index contributed by atoms with van der Waals surface area (Å²) in [5.41, 5.74) is 3.04. The highest BCUT2D eigenvalue weighted by Gasteiger charge is 2.34. The molecule has 0 bridgehead atoms. The number of hydrogen-bond donors (Lipinski definition) is 2. The number of amides is 1. The monoisotopic (exact) mass is 333 g/mol. The largest absolute Gasteiger partial charge is 0.416 e. The first kappa shape index (κ1) is 18.9. The Morgan fingerprint density at radius 2 is 2.09 bits per heavy atom. The van der Waals surface area contributed by atoms with Gasteiger partial charge in [-0.1, -0.05) is 19.8 Å². The number of nitro benzene ring substituents is 1. The van der Waals surface area contributed by atoms with Gasteiger partial charge in [0.2, 0.25) is 0 Å². The number of nitrogens with zero attached hydrogens (tertiary/aromatic N) is 1. The fourth-order valence-electron chi connectivity index (χ4n) is 2.01. The summed E-state index contributed by atoms with van der Waals surface area (Å²) in [5.74, 6) is -0.808. The van der Waals surface area contributed by atoms with Crippen LogP contribution in [0.25, 0.3) is 0 Å². The first-order valence-corrected chi connectivity index (χ1v) is 7.07. The molecule has 0 aliphatic rings. The highest BCUT2D eigenvalue weighted by molar-refractivity contribution is 5.98. The number of carbonyl (C=O) groups is 1. The second-order valence-electron chi connectivity index (χ2n) is 5.04. The van der Waals surface area contributed by atoms with Crippen molar-refractivity contribution in [3.8, 4) is 0 Å². The van der Waals surface area contributed by atoms with Gasteiger partial charge in [0, 0.05) is 18.7 Å². The lowest BCUT2D eigenvalue weighted by molar-refractivity contribution is -0.385. The van der Waals surface area contributed by atoms with Crippen molar-refractivity contribution >= 4 is 11.6 Å². The molecule has 1 rings (SSSR count). The number of halogens is 3. The van der Waals surface area contributed by atoms with E-state index in [2.05, 4.69) is 5.32 Å². The molecule has 1 unspecified atom stereocenters. The van der Waals surface area contributed by atoms with Crippen molar-refractivity contribution < 1.29 is 22.9 Å². The Hall–Kier alpha value is -2.16. The van der Waals surface area contributed by atoms with Crippen molar-refractivity contribution in [2.24, 2.45) is 5.73 Å². The van der Waals surface area contributed by atoms with Crippen LogP contribution in [-0.4, -0.2) is 23.4 Å². The number of nitrogens with two attached hydrogens (primary N) is 1. The van der Waals surface area contributed by atoms with Crippen molar-refractivity contribution in [1.29, 1.82) is 0 Å². The van der Waals surface area contributed by atoms with E-state index in [1.165, 1.54) is 0 Å². The normalized spacial score (nSPS) is 12.7. The summed E-state index contributed by atoms with van der Waals surface area (Å²) < 4.78 is 37.9. The van der Waals surface area contributed by atoms with E-state index in [1.807, 2.05) is 6.92 Å². The number of alkyl halides is 3. The molecule has 1 aromatic rings. The molecule has 0 radical (unpaired) electrons. The lowest BCUT2D eigenvalue weighted by Crippen LogP contribution is -2.40. The molecule has 9 heteroatoms. The lowest BCUT2D eigenvalue weighted by atomic mass is 10.1. The second kappa shape index (κ2) is 7.91. The Bertz CT molecular complexity index is 576. The van der Waals surface area contributed by atoms with E-state index in [1.54, 1.807) is 0 Å². The molecule has 0 saturated heterocycles. The third-order valence-corrected chi connectivity index (χ3v) is 3.29. The first-order valence-electron chi connectivity index (χ1n) is 7.07. The smallest absolute Gasteiger partial charge is 0.348 e. The van der Waals surface area contributed by atoms with E-state index >= 15 is 0 Å². The fourth-order valence-corrected chi connectivity index (χ4v) is 2.01. The van der Waals surface area contributed by atoms with Crippen LogP contribution in [0.1, 0.15) is 42.1 Å². The zero-order valence-electron chi connectivity index (χ0n) is 12.5.